The number of alkyl halides is 3. The van der Waals surface area contributed by atoms with Gasteiger partial charge in [0.25, 0.3) is 0 Å². The second kappa shape index (κ2) is 10.5. The van der Waals surface area contributed by atoms with E-state index in [1.165, 1.54) is 11.8 Å². The van der Waals surface area contributed by atoms with Crippen molar-refractivity contribution in [1.29, 1.82) is 0 Å². The molecule has 1 heterocycles. The van der Waals surface area contributed by atoms with Crippen molar-refractivity contribution in [3.05, 3.63) is 35.3 Å². The van der Waals surface area contributed by atoms with Crippen molar-refractivity contribution in [1.82, 2.24) is 21.1 Å². The van der Waals surface area contributed by atoms with Crippen molar-refractivity contribution in [2.75, 3.05) is 24.3 Å². The molecule has 2 aromatic rings. The Balaban J connectivity index is 2.15. The molecule has 158 valence electrons. The summed E-state index contributed by atoms with van der Waals surface area (Å²) in [5.41, 5.74) is -0.120. The Morgan fingerprint density at radius 2 is 2.10 bits per heavy atom. The van der Waals surface area contributed by atoms with Crippen LogP contribution in [-0.4, -0.2) is 51.6 Å². The van der Waals surface area contributed by atoms with Crippen LogP contribution >= 0.6 is 23.5 Å². The van der Waals surface area contributed by atoms with Gasteiger partial charge in [-0.05, 0) is 34.8 Å². The van der Waals surface area contributed by atoms with Crippen LogP contribution in [0.3, 0.4) is 0 Å². The SMILES string of the molecule is CSCC(=O)NCCSc1nonc1C(=Nc1ccc(F)c(C(F)(F)F)c1)NO. The van der Waals surface area contributed by atoms with Crippen LogP contribution in [0.5, 0.6) is 0 Å². The Kier molecular flexibility index (Phi) is 8.28. The first-order valence-electron chi connectivity index (χ1n) is 7.83. The van der Waals surface area contributed by atoms with Crippen molar-refractivity contribution in [3.63, 3.8) is 0 Å². The Morgan fingerprint density at radius 3 is 2.76 bits per heavy atom. The molecule has 0 unspecified atom stereocenters. The number of rotatable bonds is 8. The molecule has 0 aliphatic rings. The van der Waals surface area contributed by atoms with Gasteiger partial charge in [0.2, 0.25) is 5.91 Å². The zero-order valence-corrected chi connectivity index (χ0v) is 16.4. The first kappa shape index (κ1) is 23.0. The minimum atomic E-state index is -4.90. The summed E-state index contributed by atoms with van der Waals surface area (Å²) in [6, 6.07) is 2.11. The van der Waals surface area contributed by atoms with Gasteiger partial charge in [0.1, 0.15) is 5.82 Å². The van der Waals surface area contributed by atoms with E-state index in [0.29, 0.717) is 30.2 Å². The third-order valence-electron chi connectivity index (χ3n) is 3.22. The van der Waals surface area contributed by atoms with Gasteiger partial charge in [-0.1, -0.05) is 11.8 Å². The number of hydrogen-bond donors (Lipinski definition) is 3. The summed E-state index contributed by atoms with van der Waals surface area (Å²) in [5, 5.41) is 19.4. The van der Waals surface area contributed by atoms with E-state index in [2.05, 4.69) is 25.3 Å². The Labute approximate surface area is 170 Å². The number of nitrogens with zero attached hydrogens (tertiary/aromatic N) is 3. The smallest absolute Gasteiger partial charge is 0.355 e. The van der Waals surface area contributed by atoms with E-state index in [-0.39, 0.29) is 28.2 Å². The largest absolute Gasteiger partial charge is 0.419 e. The first-order chi connectivity index (χ1) is 13.8. The van der Waals surface area contributed by atoms with E-state index in [1.807, 2.05) is 0 Å². The van der Waals surface area contributed by atoms with Gasteiger partial charge >= 0.3 is 6.18 Å². The quantitative estimate of drug-likeness (QED) is 0.140. The normalized spacial score (nSPS) is 12.1. The van der Waals surface area contributed by atoms with E-state index in [4.69, 9.17) is 0 Å². The molecule has 0 aliphatic heterocycles. The molecular weight excluding hydrogens is 438 g/mol. The molecule has 1 amide bonds. The maximum atomic E-state index is 13.4. The monoisotopic (exact) mass is 453 g/mol. The number of nitrogens with one attached hydrogen (secondary N) is 2. The second-order valence-corrected chi connectivity index (χ2v) is 7.23. The highest BCUT2D eigenvalue weighted by atomic mass is 32.2. The summed E-state index contributed by atoms with van der Waals surface area (Å²) >= 11 is 2.49. The van der Waals surface area contributed by atoms with E-state index < -0.39 is 17.6 Å². The van der Waals surface area contributed by atoms with E-state index in [0.717, 1.165) is 17.8 Å². The highest BCUT2D eigenvalue weighted by molar-refractivity contribution is 7.99. The lowest BCUT2D eigenvalue weighted by molar-refractivity contribution is -0.140. The van der Waals surface area contributed by atoms with Gasteiger partial charge in [-0.25, -0.2) is 14.0 Å². The number of thioether (sulfide) groups is 2. The van der Waals surface area contributed by atoms with Crippen LogP contribution in [0.1, 0.15) is 11.3 Å². The van der Waals surface area contributed by atoms with Crippen LogP contribution in [0, 0.1) is 5.82 Å². The van der Waals surface area contributed by atoms with E-state index in [9.17, 15) is 27.6 Å². The number of benzene rings is 1. The van der Waals surface area contributed by atoms with Gasteiger partial charge in [-0.15, -0.1) is 0 Å². The fourth-order valence-electron chi connectivity index (χ4n) is 2.00. The number of halogens is 4. The number of carbonyl (C=O) groups is 1. The Hall–Kier alpha value is -2.32. The third-order valence-corrected chi connectivity index (χ3v) is 4.72. The zero-order valence-electron chi connectivity index (χ0n) is 14.8. The van der Waals surface area contributed by atoms with Crippen molar-refractivity contribution in [3.8, 4) is 0 Å². The lowest BCUT2D eigenvalue weighted by Gasteiger charge is -2.09. The highest BCUT2D eigenvalue weighted by Gasteiger charge is 2.34. The maximum Gasteiger partial charge on any atom is 0.419 e. The summed E-state index contributed by atoms with van der Waals surface area (Å²) in [6.07, 6.45) is -3.11. The molecular formula is C15H15F4N5O3S2. The van der Waals surface area contributed by atoms with Crippen molar-refractivity contribution in [2.24, 2.45) is 4.99 Å². The highest BCUT2D eigenvalue weighted by Crippen LogP contribution is 2.34. The van der Waals surface area contributed by atoms with Gasteiger partial charge in [-0.2, -0.15) is 24.9 Å². The van der Waals surface area contributed by atoms with Gasteiger partial charge in [-0.3, -0.25) is 15.5 Å². The fourth-order valence-corrected chi connectivity index (χ4v) is 3.12. The lowest BCUT2D eigenvalue weighted by Crippen LogP contribution is -2.27. The number of amidine groups is 1. The van der Waals surface area contributed by atoms with Crippen molar-refractivity contribution < 1.29 is 32.2 Å². The molecule has 0 atom stereocenters. The summed E-state index contributed by atoms with van der Waals surface area (Å²) in [4.78, 5) is 15.2. The topological polar surface area (TPSA) is 113 Å². The average molecular weight is 453 g/mol. The minimum absolute atomic E-state index is 0.0641. The number of aliphatic imine (C=N–C) groups is 1. The molecule has 1 aromatic heterocycles. The predicted octanol–water partition coefficient (Wildman–Crippen LogP) is 2.86. The molecule has 2 rings (SSSR count). The zero-order chi connectivity index (χ0) is 21.4. The number of hydrogen-bond acceptors (Lipinski definition) is 8. The van der Waals surface area contributed by atoms with Gasteiger partial charge < -0.3 is 5.32 Å². The summed E-state index contributed by atoms with van der Waals surface area (Å²) in [6.45, 7) is 0.322. The summed E-state index contributed by atoms with van der Waals surface area (Å²) in [5.74, 6) is -1.22. The summed E-state index contributed by atoms with van der Waals surface area (Å²) in [7, 11) is 0. The van der Waals surface area contributed by atoms with Crippen LogP contribution in [0.2, 0.25) is 0 Å². The van der Waals surface area contributed by atoms with E-state index in [1.54, 1.807) is 11.7 Å². The molecule has 1 aromatic carbocycles. The second-order valence-electron chi connectivity index (χ2n) is 5.28. The Bertz CT molecular complexity index is 876. The molecule has 0 spiro atoms. The fraction of sp³-hybridized carbons (Fsp3) is 0.333. The van der Waals surface area contributed by atoms with Crippen molar-refractivity contribution >= 4 is 41.0 Å². The van der Waals surface area contributed by atoms with Crippen molar-refractivity contribution in [2.45, 2.75) is 11.2 Å². The molecule has 14 heteroatoms. The van der Waals surface area contributed by atoms with Gasteiger partial charge in [0, 0.05) is 12.3 Å². The van der Waals surface area contributed by atoms with Crippen LogP contribution < -0.4 is 10.8 Å². The van der Waals surface area contributed by atoms with Crippen LogP contribution in [-0.2, 0) is 11.0 Å². The molecule has 0 fully saturated rings. The Morgan fingerprint density at radius 1 is 1.34 bits per heavy atom. The van der Waals surface area contributed by atoms with Crippen LogP contribution in [0.25, 0.3) is 0 Å². The molecule has 29 heavy (non-hydrogen) atoms. The summed E-state index contributed by atoms with van der Waals surface area (Å²) < 4.78 is 56.5. The van der Waals surface area contributed by atoms with Crippen LogP contribution in [0.15, 0.2) is 32.8 Å². The van der Waals surface area contributed by atoms with E-state index >= 15 is 0 Å². The van der Waals surface area contributed by atoms with Gasteiger partial charge in [0.15, 0.2) is 16.6 Å². The van der Waals surface area contributed by atoms with Crippen LogP contribution in [0.4, 0.5) is 23.2 Å². The number of carbonyl (C=O) groups excluding carboxylic acids is 1. The molecule has 0 saturated heterocycles. The third kappa shape index (κ3) is 6.61. The molecule has 3 N–H and O–H groups in total. The minimum Gasteiger partial charge on any atom is -0.355 e. The molecule has 0 saturated carbocycles. The average Bonchev–Trinajstić information content (AvgIpc) is 3.12. The lowest BCUT2D eigenvalue weighted by atomic mass is 10.2. The number of aromatic nitrogens is 2. The molecule has 0 bridgehead atoms. The van der Waals surface area contributed by atoms with Gasteiger partial charge in [0.05, 0.1) is 17.0 Å². The predicted molar refractivity (Wildman–Crippen MR) is 98.9 cm³/mol. The number of amides is 1. The maximum absolute atomic E-state index is 13.4. The molecule has 0 radical (unpaired) electrons. The standard InChI is InChI=1S/C15H15F4N5O3S2/c1-28-7-11(25)20-4-5-29-14-12(23-27-24-14)13(22-26)21-8-2-3-10(16)9(6-8)15(17,18)19/h2-3,6,26H,4-5,7H2,1H3,(H,20,25)(H,21,22). The molecule has 0 aliphatic carbocycles. The first-order valence-corrected chi connectivity index (χ1v) is 10.2. The number of hydroxylamine groups is 1. The molecule has 8 nitrogen and oxygen atoms in total.